The lowest BCUT2D eigenvalue weighted by Gasteiger charge is -2.11. The maximum atomic E-state index is 13.5. The van der Waals surface area contributed by atoms with Gasteiger partial charge in [-0.25, -0.2) is 4.39 Å². The van der Waals surface area contributed by atoms with Crippen molar-refractivity contribution in [2.24, 2.45) is 0 Å². The van der Waals surface area contributed by atoms with Crippen LogP contribution in [0.15, 0.2) is 42.5 Å². The zero-order valence-electron chi connectivity index (χ0n) is 9.96. The van der Waals surface area contributed by atoms with E-state index in [9.17, 15) is 4.39 Å². The molecular weight excluding hydrogens is 270 g/mol. The lowest BCUT2D eigenvalue weighted by molar-refractivity contribution is 0.615. The van der Waals surface area contributed by atoms with Gasteiger partial charge in [0.05, 0.1) is 5.38 Å². The van der Waals surface area contributed by atoms with Gasteiger partial charge >= 0.3 is 0 Å². The first-order valence-electron chi connectivity index (χ1n) is 5.71. The molecular formula is C15H13Cl2F. The van der Waals surface area contributed by atoms with E-state index >= 15 is 0 Å². The van der Waals surface area contributed by atoms with Crippen molar-refractivity contribution in [2.45, 2.75) is 18.7 Å². The SMILES string of the molecule is Cc1ccc(C(Cl)Cc2ccc(Cl)cc2)cc1F. The smallest absolute Gasteiger partial charge is 0.126 e. The van der Waals surface area contributed by atoms with Crippen LogP contribution in [-0.2, 0) is 6.42 Å². The fraction of sp³-hybridized carbons (Fsp3) is 0.200. The van der Waals surface area contributed by atoms with Gasteiger partial charge in [0.25, 0.3) is 0 Å². The second kappa shape index (κ2) is 5.73. The number of benzene rings is 2. The van der Waals surface area contributed by atoms with E-state index < -0.39 is 0 Å². The third-order valence-electron chi connectivity index (χ3n) is 2.89. The monoisotopic (exact) mass is 282 g/mol. The highest BCUT2D eigenvalue weighted by Crippen LogP contribution is 2.26. The normalized spacial score (nSPS) is 12.4. The number of alkyl halides is 1. The molecule has 2 rings (SSSR count). The Morgan fingerprint density at radius 1 is 1.11 bits per heavy atom. The Morgan fingerprint density at radius 3 is 2.39 bits per heavy atom. The minimum absolute atomic E-state index is 0.214. The fourth-order valence-corrected chi connectivity index (χ4v) is 2.19. The van der Waals surface area contributed by atoms with E-state index in [0.717, 1.165) is 11.1 Å². The molecule has 0 spiro atoms. The third-order valence-corrected chi connectivity index (χ3v) is 3.54. The molecule has 2 aromatic carbocycles. The Balaban J connectivity index is 2.13. The minimum Gasteiger partial charge on any atom is -0.207 e. The van der Waals surface area contributed by atoms with E-state index in [1.165, 1.54) is 6.07 Å². The van der Waals surface area contributed by atoms with E-state index in [2.05, 4.69) is 0 Å². The molecule has 0 bridgehead atoms. The van der Waals surface area contributed by atoms with Crippen molar-refractivity contribution in [3.05, 3.63) is 70.0 Å². The molecule has 0 saturated carbocycles. The first-order valence-corrected chi connectivity index (χ1v) is 6.52. The zero-order chi connectivity index (χ0) is 13.1. The molecule has 0 aromatic heterocycles. The van der Waals surface area contributed by atoms with Gasteiger partial charge < -0.3 is 0 Å². The fourth-order valence-electron chi connectivity index (χ4n) is 1.75. The van der Waals surface area contributed by atoms with E-state index in [4.69, 9.17) is 23.2 Å². The van der Waals surface area contributed by atoms with Gasteiger partial charge in [0.15, 0.2) is 0 Å². The van der Waals surface area contributed by atoms with Gasteiger partial charge in [0.1, 0.15) is 5.82 Å². The Bertz CT molecular complexity index is 535. The van der Waals surface area contributed by atoms with Gasteiger partial charge in [-0.3, -0.25) is 0 Å². The van der Waals surface area contributed by atoms with Crippen LogP contribution >= 0.6 is 23.2 Å². The quantitative estimate of drug-likeness (QED) is 0.669. The first-order chi connectivity index (χ1) is 8.56. The van der Waals surface area contributed by atoms with Gasteiger partial charge in [-0.05, 0) is 48.2 Å². The van der Waals surface area contributed by atoms with Crippen LogP contribution in [0, 0.1) is 12.7 Å². The highest BCUT2D eigenvalue weighted by atomic mass is 35.5. The van der Waals surface area contributed by atoms with Crippen molar-refractivity contribution in [3.8, 4) is 0 Å². The van der Waals surface area contributed by atoms with Gasteiger partial charge in [-0.2, -0.15) is 0 Å². The average molecular weight is 283 g/mol. The standard InChI is InChI=1S/C15H13Cl2F/c1-10-2-5-12(9-15(10)18)14(17)8-11-3-6-13(16)7-4-11/h2-7,9,14H,8H2,1H3. The summed E-state index contributed by atoms with van der Waals surface area (Å²) in [4.78, 5) is 0. The number of aryl methyl sites for hydroxylation is 1. The second-order valence-electron chi connectivity index (χ2n) is 4.31. The Morgan fingerprint density at radius 2 is 1.78 bits per heavy atom. The van der Waals surface area contributed by atoms with Crippen LogP contribution in [0.25, 0.3) is 0 Å². The summed E-state index contributed by atoms with van der Waals surface area (Å²) in [6.07, 6.45) is 0.654. The molecule has 0 aliphatic carbocycles. The summed E-state index contributed by atoms with van der Waals surface area (Å²) in [5.41, 5.74) is 2.52. The summed E-state index contributed by atoms with van der Waals surface area (Å²) in [6.45, 7) is 1.74. The first kappa shape index (κ1) is 13.4. The molecule has 94 valence electrons. The molecule has 2 aromatic rings. The van der Waals surface area contributed by atoms with Crippen LogP contribution in [-0.4, -0.2) is 0 Å². The van der Waals surface area contributed by atoms with Crippen LogP contribution < -0.4 is 0 Å². The lowest BCUT2D eigenvalue weighted by Crippen LogP contribution is -1.97. The molecule has 3 heteroatoms. The van der Waals surface area contributed by atoms with Crippen LogP contribution in [0.5, 0.6) is 0 Å². The molecule has 0 aliphatic heterocycles. The van der Waals surface area contributed by atoms with Crippen molar-refractivity contribution in [2.75, 3.05) is 0 Å². The second-order valence-corrected chi connectivity index (χ2v) is 5.27. The van der Waals surface area contributed by atoms with E-state index in [1.807, 2.05) is 30.3 Å². The molecule has 1 atom stereocenters. The summed E-state index contributed by atoms with van der Waals surface area (Å²) < 4.78 is 13.5. The number of rotatable bonds is 3. The summed E-state index contributed by atoms with van der Waals surface area (Å²) >= 11 is 12.1. The van der Waals surface area contributed by atoms with Crippen LogP contribution in [0.3, 0.4) is 0 Å². The summed E-state index contributed by atoms with van der Waals surface area (Å²) in [5.74, 6) is -0.214. The third kappa shape index (κ3) is 3.24. The molecule has 0 aliphatic rings. The highest BCUT2D eigenvalue weighted by Gasteiger charge is 2.10. The Hall–Kier alpha value is -1.05. The van der Waals surface area contributed by atoms with Gasteiger partial charge in [-0.1, -0.05) is 35.9 Å². The molecule has 0 nitrogen and oxygen atoms in total. The number of hydrogen-bond acceptors (Lipinski definition) is 0. The highest BCUT2D eigenvalue weighted by molar-refractivity contribution is 6.30. The Kier molecular flexibility index (Phi) is 4.26. The molecule has 0 amide bonds. The molecule has 0 saturated heterocycles. The maximum Gasteiger partial charge on any atom is 0.126 e. The lowest BCUT2D eigenvalue weighted by atomic mass is 10.0. The van der Waals surface area contributed by atoms with Crippen molar-refractivity contribution in [1.82, 2.24) is 0 Å². The predicted octanol–water partition coefficient (Wildman–Crippen LogP) is 5.31. The van der Waals surface area contributed by atoms with Crippen molar-refractivity contribution in [3.63, 3.8) is 0 Å². The molecule has 0 radical (unpaired) electrons. The Labute approximate surface area is 116 Å². The largest absolute Gasteiger partial charge is 0.207 e. The van der Waals surface area contributed by atoms with Gasteiger partial charge in [-0.15, -0.1) is 11.6 Å². The number of halogens is 3. The van der Waals surface area contributed by atoms with Crippen molar-refractivity contribution in [1.29, 1.82) is 0 Å². The molecule has 0 heterocycles. The topological polar surface area (TPSA) is 0 Å². The summed E-state index contributed by atoms with van der Waals surface area (Å²) in [5, 5.41) is 0.465. The summed E-state index contributed by atoms with van der Waals surface area (Å²) in [6, 6.07) is 12.6. The van der Waals surface area contributed by atoms with E-state index in [0.29, 0.717) is 17.0 Å². The van der Waals surface area contributed by atoms with Crippen LogP contribution in [0.2, 0.25) is 5.02 Å². The average Bonchev–Trinajstić information content (AvgIpc) is 2.35. The maximum absolute atomic E-state index is 13.5. The molecule has 0 fully saturated rings. The van der Waals surface area contributed by atoms with E-state index in [-0.39, 0.29) is 11.2 Å². The van der Waals surface area contributed by atoms with Crippen molar-refractivity contribution >= 4 is 23.2 Å². The van der Waals surface area contributed by atoms with Crippen molar-refractivity contribution < 1.29 is 4.39 Å². The van der Waals surface area contributed by atoms with Gasteiger partial charge in [0, 0.05) is 5.02 Å². The van der Waals surface area contributed by atoms with E-state index in [1.54, 1.807) is 13.0 Å². The van der Waals surface area contributed by atoms with Gasteiger partial charge in [0.2, 0.25) is 0 Å². The zero-order valence-corrected chi connectivity index (χ0v) is 11.5. The molecule has 1 unspecified atom stereocenters. The molecule has 18 heavy (non-hydrogen) atoms. The van der Waals surface area contributed by atoms with Crippen LogP contribution in [0.4, 0.5) is 4.39 Å². The minimum atomic E-state index is -0.235. The van der Waals surface area contributed by atoms with Crippen LogP contribution in [0.1, 0.15) is 22.1 Å². The molecule has 0 N–H and O–H groups in total. The summed E-state index contributed by atoms with van der Waals surface area (Å²) in [7, 11) is 0. The predicted molar refractivity (Wildman–Crippen MR) is 74.9 cm³/mol. The number of hydrogen-bond donors (Lipinski definition) is 0.